The van der Waals surface area contributed by atoms with Crippen molar-refractivity contribution in [3.63, 3.8) is 0 Å². The normalized spacial score (nSPS) is 19.6. The number of thiophene rings is 1. The number of amides is 3. The molecule has 0 saturated carbocycles. The first-order valence-electron chi connectivity index (χ1n) is 8.03. The fourth-order valence-electron chi connectivity index (χ4n) is 3.45. The molecule has 3 amide bonds. The van der Waals surface area contributed by atoms with E-state index in [1.165, 1.54) is 4.90 Å². The van der Waals surface area contributed by atoms with Gasteiger partial charge in [-0.2, -0.15) is 0 Å². The summed E-state index contributed by atoms with van der Waals surface area (Å²) in [5, 5.41) is 2.24. The van der Waals surface area contributed by atoms with Crippen molar-refractivity contribution in [3.05, 3.63) is 56.7 Å². The molecule has 1 fully saturated rings. The molecular formula is C18H15ClN2O3S. The van der Waals surface area contributed by atoms with Gasteiger partial charge in [-0.05, 0) is 30.0 Å². The summed E-state index contributed by atoms with van der Waals surface area (Å²) in [5.41, 5.74) is 0.624. The van der Waals surface area contributed by atoms with E-state index in [1.54, 1.807) is 34.4 Å². The molecule has 1 unspecified atom stereocenters. The summed E-state index contributed by atoms with van der Waals surface area (Å²) in [6.07, 6.45) is 0.956. The average Bonchev–Trinajstić information content (AvgIpc) is 3.30. The molecular weight excluding hydrogens is 360 g/mol. The Labute approximate surface area is 153 Å². The van der Waals surface area contributed by atoms with Gasteiger partial charge >= 0.3 is 0 Å². The first kappa shape index (κ1) is 16.3. The Bertz CT molecular complexity index is 865. The molecule has 0 spiro atoms. The quantitative estimate of drug-likeness (QED) is 0.776. The van der Waals surface area contributed by atoms with Crippen molar-refractivity contribution < 1.29 is 14.4 Å². The largest absolute Gasteiger partial charge is 0.340 e. The van der Waals surface area contributed by atoms with E-state index in [1.807, 2.05) is 17.5 Å². The van der Waals surface area contributed by atoms with Gasteiger partial charge in [0.25, 0.3) is 11.8 Å². The molecule has 4 rings (SSSR count). The monoisotopic (exact) mass is 374 g/mol. The van der Waals surface area contributed by atoms with Crippen molar-refractivity contribution in [2.75, 3.05) is 13.1 Å². The van der Waals surface area contributed by atoms with Gasteiger partial charge in [-0.3, -0.25) is 19.3 Å². The van der Waals surface area contributed by atoms with E-state index < -0.39 is 0 Å². The fraction of sp³-hybridized carbons (Fsp3) is 0.278. The highest BCUT2D eigenvalue weighted by Gasteiger charge is 2.43. The van der Waals surface area contributed by atoms with Crippen LogP contribution in [-0.2, 0) is 11.2 Å². The van der Waals surface area contributed by atoms with E-state index in [4.69, 9.17) is 11.6 Å². The van der Waals surface area contributed by atoms with Crippen LogP contribution in [-0.4, -0.2) is 46.7 Å². The highest BCUT2D eigenvalue weighted by molar-refractivity contribution is 7.10. The number of imide groups is 1. The van der Waals surface area contributed by atoms with Crippen molar-refractivity contribution in [1.82, 2.24) is 9.80 Å². The van der Waals surface area contributed by atoms with Gasteiger partial charge in [0.05, 0.1) is 28.6 Å². The van der Waals surface area contributed by atoms with Crippen LogP contribution < -0.4 is 0 Å². The summed E-state index contributed by atoms with van der Waals surface area (Å²) in [7, 11) is 0. The summed E-state index contributed by atoms with van der Waals surface area (Å²) in [6.45, 7) is 0.934. The molecule has 2 aliphatic heterocycles. The lowest BCUT2D eigenvalue weighted by molar-refractivity contribution is -0.129. The number of likely N-dealkylation sites (tertiary alicyclic amines) is 1. The second kappa shape index (κ2) is 6.28. The SMILES string of the molecule is O=C(Cc1cccs1)N1CCC(N2C(=O)c3cccc(Cl)c3C2=O)C1. The zero-order valence-corrected chi connectivity index (χ0v) is 14.8. The Morgan fingerprint density at radius 1 is 1.20 bits per heavy atom. The van der Waals surface area contributed by atoms with Gasteiger partial charge in [0.1, 0.15) is 0 Å². The van der Waals surface area contributed by atoms with Crippen LogP contribution in [0.4, 0.5) is 0 Å². The molecule has 3 heterocycles. The highest BCUT2D eigenvalue weighted by Crippen LogP contribution is 2.32. The first-order valence-corrected chi connectivity index (χ1v) is 9.28. The second-order valence-corrected chi connectivity index (χ2v) is 7.62. The van der Waals surface area contributed by atoms with Crippen LogP contribution >= 0.6 is 22.9 Å². The van der Waals surface area contributed by atoms with E-state index in [2.05, 4.69) is 0 Å². The molecule has 1 atom stereocenters. The molecule has 1 aromatic carbocycles. The maximum absolute atomic E-state index is 12.7. The second-order valence-electron chi connectivity index (χ2n) is 6.18. The molecule has 0 bridgehead atoms. The topological polar surface area (TPSA) is 57.7 Å². The third-order valence-electron chi connectivity index (χ3n) is 4.68. The lowest BCUT2D eigenvalue weighted by atomic mass is 10.1. The average molecular weight is 375 g/mol. The lowest BCUT2D eigenvalue weighted by Crippen LogP contribution is -2.42. The first-order chi connectivity index (χ1) is 12.1. The number of hydrogen-bond acceptors (Lipinski definition) is 4. The smallest absolute Gasteiger partial charge is 0.263 e. The molecule has 0 radical (unpaired) electrons. The molecule has 1 saturated heterocycles. The minimum absolute atomic E-state index is 0.0274. The molecule has 2 aromatic rings. The van der Waals surface area contributed by atoms with Crippen molar-refractivity contribution in [3.8, 4) is 0 Å². The molecule has 0 N–H and O–H groups in total. The molecule has 1 aromatic heterocycles. The van der Waals surface area contributed by atoms with Crippen molar-refractivity contribution >= 4 is 40.7 Å². The number of halogens is 1. The van der Waals surface area contributed by atoms with Crippen LogP contribution in [0, 0.1) is 0 Å². The zero-order chi connectivity index (χ0) is 17.6. The van der Waals surface area contributed by atoms with Crippen LogP contribution in [0.25, 0.3) is 0 Å². The predicted molar refractivity (Wildman–Crippen MR) is 95.0 cm³/mol. The molecule has 5 nitrogen and oxygen atoms in total. The summed E-state index contributed by atoms with van der Waals surface area (Å²) < 4.78 is 0. The predicted octanol–water partition coefficient (Wildman–Crippen LogP) is 2.84. The summed E-state index contributed by atoms with van der Waals surface area (Å²) in [4.78, 5) is 41.7. The van der Waals surface area contributed by atoms with Crippen LogP contribution in [0.2, 0.25) is 5.02 Å². The third kappa shape index (κ3) is 2.75. The summed E-state index contributed by atoms with van der Waals surface area (Å²) in [5.74, 6) is -0.650. The maximum Gasteiger partial charge on any atom is 0.263 e. The van der Waals surface area contributed by atoms with Crippen molar-refractivity contribution in [1.29, 1.82) is 0 Å². The number of benzene rings is 1. The maximum atomic E-state index is 12.7. The number of hydrogen-bond donors (Lipinski definition) is 0. The third-order valence-corrected chi connectivity index (χ3v) is 5.87. The Morgan fingerprint density at radius 2 is 2.04 bits per heavy atom. The van der Waals surface area contributed by atoms with Gasteiger partial charge in [-0.15, -0.1) is 11.3 Å². The van der Waals surface area contributed by atoms with Gasteiger partial charge in [0.2, 0.25) is 5.91 Å². The number of rotatable bonds is 3. The number of fused-ring (bicyclic) bond motifs is 1. The Morgan fingerprint density at radius 3 is 2.76 bits per heavy atom. The Kier molecular flexibility index (Phi) is 4.09. The number of nitrogens with zero attached hydrogens (tertiary/aromatic N) is 2. The van der Waals surface area contributed by atoms with E-state index in [-0.39, 0.29) is 29.3 Å². The van der Waals surface area contributed by atoms with Gasteiger partial charge in [0.15, 0.2) is 0 Å². The highest BCUT2D eigenvalue weighted by atomic mass is 35.5. The molecule has 7 heteroatoms. The number of carbonyl (C=O) groups excluding carboxylic acids is 3. The minimum Gasteiger partial charge on any atom is -0.340 e. The summed E-state index contributed by atoms with van der Waals surface area (Å²) >= 11 is 7.65. The van der Waals surface area contributed by atoms with Gasteiger partial charge in [-0.25, -0.2) is 0 Å². The van der Waals surface area contributed by atoms with Gasteiger partial charge in [-0.1, -0.05) is 23.7 Å². The number of carbonyl (C=O) groups is 3. The van der Waals surface area contributed by atoms with Crippen LogP contribution in [0.15, 0.2) is 35.7 Å². The van der Waals surface area contributed by atoms with Crippen LogP contribution in [0.3, 0.4) is 0 Å². The Balaban J connectivity index is 1.49. The molecule has 0 aliphatic carbocycles. The van der Waals surface area contributed by atoms with Crippen molar-refractivity contribution in [2.45, 2.75) is 18.9 Å². The van der Waals surface area contributed by atoms with Gasteiger partial charge in [0, 0.05) is 18.0 Å². The van der Waals surface area contributed by atoms with E-state index in [9.17, 15) is 14.4 Å². The van der Waals surface area contributed by atoms with Gasteiger partial charge < -0.3 is 4.90 Å². The Hall–Kier alpha value is -2.18. The standard InChI is InChI=1S/C18H15ClN2O3S/c19-14-5-1-4-13-16(14)18(24)21(17(13)23)11-6-7-20(10-11)15(22)9-12-3-2-8-25-12/h1-5,8,11H,6-7,9-10H2. The zero-order valence-electron chi connectivity index (χ0n) is 13.3. The molecule has 2 aliphatic rings. The fourth-order valence-corrected chi connectivity index (χ4v) is 4.40. The minimum atomic E-state index is -0.358. The summed E-state index contributed by atoms with van der Waals surface area (Å²) in [6, 6.07) is 8.46. The molecule has 25 heavy (non-hydrogen) atoms. The lowest BCUT2D eigenvalue weighted by Gasteiger charge is -2.22. The van der Waals surface area contributed by atoms with E-state index >= 15 is 0 Å². The molecule has 128 valence electrons. The van der Waals surface area contributed by atoms with E-state index in [0.717, 1.165) is 4.88 Å². The van der Waals surface area contributed by atoms with E-state index in [0.29, 0.717) is 36.5 Å². The van der Waals surface area contributed by atoms with Crippen molar-refractivity contribution in [2.24, 2.45) is 0 Å². The van der Waals surface area contributed by atoms with Crippen LogP contribution in [0.5, 0.6) is 0 Å². The van der Waals surface area contributed by atoms with Crippen LogP contribution in [0.1, 0.15) is 32.0 Å².